The second kappa shape index (κ2) is 7.98. The van der Waals surface area contributed by atoms with E-state index < -0.39 is 5.25 Å². The zero-order valence-corrected chi connectivity index (χ0v) is 13.4. The van der Waals surface area contributed by atoms with E-state index in [9.17, 15) is 14.4 Å². The SMILES string of the molecule is CCCCN1C(=O)SC(CC(=O)NCc2ccccc2)C1=O. The number of nitrogens with one attached hydrogen (secondary N) is 1. The van der Waals surface area contributed by atoms with Crippen LogP contribution in [0.5, 0.6) is 0 Å². The molecule has 3 amide bonds. The highest BCUT2D eigenvalue weighted by Crippen LogP contribution is 2.29. The normalized spacial score (nSPS) is 17.9. The summed E-state index contributed by atoms with van der Waals surface area (Å²) < 4.78 is 0. The van der Waals surface area contributed by atoms with Gasteiger partial charge >= 0.3 is 0 Å². The predicted molar refractivity (Wildman–Crippen MR) is 86.3 cm³/mol. The Balaban J connectivity index is 1.82. The number of imide groups is 1. The minimum Gasteiger partial charge on any atom is -0.352 e. The zero-order chi connectivity index (χ0) is 15.9. The van der Waals surface area contributed by atoms with E-state index >= 15 is 0 Å². The molecule has 0 bridgehead atoms. The fraction of sp³-hybridized carbons (Fsp3) is 0.438. The van der Waals surface area contributed by atoms with E-state index in [4.69, 9.17) is 0 Å². The summed E-state index contributed by atoms with van der Waals surface area (Å²) >= 11 is 0.959. The number of rotatable bonds is 7. The average Bonchev–Trinajstić information content (AvgIpc) is 2.78. The van der Waals surface area contributed by atoms with Crippen LogP contribution in [0.15, 0.2) is 30.3 Å². The molecule has 1 unspecified atom stereocenters. The van der Waals surface area contributed by atoms with Crippen molar-refractivity contribution in [3.8, 4) is 0 Å². The fourth-order valence-corrected chi connectivity index (χ4v) is 3.20. The van der Waals surface area contributed by atoms with Gasteiger partial charge in [0, 0.05) is 19.5 Å². The van der Waals surface area contributed by atoms with Gasteiger partial charge in [-0.3, -0.25) is 19.3 Å². The highest BCUT2D eigenvalue weighted by molar-refractivity contribution is 8.15. The first-order valence-electron chi connectivity index (χ1n) is 7.44. The van der Waals surface area contributed by atoms with Crippen molar-refractivity contribution >= 4 is 28.8 Å². The van der Waals surface area contributed by atoms with Gasteiger partial charge in [-0.15, -0.1) is 0 Å². The minimum atomic E-state index is -0.583. The molecule has 0 aliphatic carbocycles. The van der Waals surface area contributed by atoms with Crippen LogP contribution in [-0.2, 0) is 16.1 Å². The summed E-state index contributed by atoms with van der Waals surface area (Å²) in [4.78, 5) is 37.1. The summed E-state index contributed by atoms with van der Waals surface area (Å²) in [6, 6.07) is 9.57. The summed E-state index contributed by atoms with van der Waals surface area (Å²) in [6.45, 7) is 2.88. The summed E-state index contributed by atoms with van der Waals surface area (Å²) in [7, 11) is 0. The summed E-state index contributed by atoms with van der Waals surface area (Å²) in [5, 5.41) is 1.96. The Morgan fingerprint density at radius 1 is 1.27 bits per heavy atom. The van der Waals surface area contributed by atoms with Crippen LogP contribution in [0.1, 0.15) is 31.7 Å². The van der Waals surface area contributed by atoms with Gasteiger partial charge in [-0.2, -0.15) is 0 Å². The van der Waals surface area contributed by atoms with E-state index in [1.54, 1.807) is 0 Å². The zero-order valence-electron chi connectivity index (χ0n) is 12.6. The van der Waals surface area contributed by atoms with Gasteiger partial charge in [0.05, 0.1) is 0 Å². The predicted octanol–water partition coefficient (Wildman–Crippen LogP) is 2.56. The number of carbonyl (C=O) groups is 3. The molecule has 1 fully saturated rings. The third kappa shape index (κ3) is 4.34. The lowest BCUT2D eigenvalue weighted by molar-refractivity contribution is -0.129. The smallest absolute Gasteiger partial charge is 0.289 e. The molecule has 1 aliphatic heterocycles. The molecule has 5 nitrogen and oxygen atoms in total. The van der Waals surface area contributed by atoms with Crippen LogP contribution < -0.4 is 5.32 Å². The lowest BCUT2D eigenvalue weighted by Crippen LogP contribution is -2.34. The van der Waals surface area contributed by atoms with Gasteiger partial charge in [0.1, 0.15) is 5.25 Å². The third-order valence-electron chi connectivity index (χ3n) is 3.44. The van der Waals surface area contributed by atoms with Crippen LogP contribution in [0.4, 0.5) is 4.79 Å². The molecule has 1 atom stereocenters. The number of carbonyl (C=O) groups excluding carboxylic acids is 3. The molecule has 1 aliphatic rings. The Kier molecular flexibility index (Phi) is 6.00. The Labute approximate surface area is 134 Å². The molecule has 0 saturated carbocycles. The number of unbranched alkanes of at least 4 members (excludes halogenated alkanes) is 1. The Morgan fingerprint density at radius 3 is 2.68 bits per heavy atom. The molecule has 1 aromatic carbocycles. The van der Waals surface area contributed by atoms with Crippen LogP contribution in [0, 0.1) is 0 Å². The summed E-state index contributed by atoms with van der Waals surface area (Å²) in [6.07, 6.45) is 1.76. The molecule has 0 aromatic heterocycles. The molecule has 0 spiro atoms. The summed E-state index contributed by atoms with van der Waals surface area (Å²) in [5.74, 6) is -0.446. The van der Waals surface area contributed by atoms with Crippen molar-refractivity contribution in [3.63, 3.8) is 0 Å². The van der Waals surface area contributed by atoms with Crippen molar-refractivity contribution in [1.82, 2.24) is 10.2 Å². The third-order valence-corrected chi connectivity index (χ3v) is 4.52. The number of benzene rings is 1. The molecule has 1 N–H and O–H groups in total. The first-order valence-corrected chi connectivity index (χ1v) is 8.32. The van der Waals surface area contributed by atoms with Gasteiger partial charge in [0.2, 0.25) is 11.8 Å². The van der Waals surface area contributed by atoms with Crippen molar-refractivity contribution in [2.75, 3.05) is 6.54 Å². The standard InChI is InChI=1S/C16H20N2O3S/c1-2-3-9-18-15(20)13(22-16(18)21)10-14(19)17-11-12-7-5-4-6-8-12/h4-8,13H,2-3,9-11H2,1H3,(H,17,19). The second-order valence-corrected chi connectivity index (χ2v) is 6.34. The van der Waals surface area contributed by atoms with Gasteiger partial charge in [-0.25, -0.2) is 0 Å². The quantitative estimate of drug-likeness (QED) is 0.838. The van der Waals surface area contributed by atoms with Crippen LogP contribution in [0.3, 0.4) is 0 Å². The maximum atomic E-state index is 12.1. The second-order valence-electron chi connectivity index (χ2n) is 5.18. The van der Waals surface area contributed by atoms with Gasteiger partial charge in [-0.1, -0.05) is 55.4 Å². The Bertz CT molecular complexity index is 548. The molecule has 6 heteroatoms. The van der Waals surface area contributed by atoms with Crippen molar-refractivity contribution in [1.29, 1.82) is 0 Å². The van der Waals surface area contributed by atoms with Crippen LogP contribution in [0.25, 0.3) is 0 Å². The van der Waals surface area contributed by atoms with E-state index in [-0.39, 0.29) is 23.5 Å². The molecular weight excluding hydrogens is 300 g/mol. The van der Waals surface area contributed by atoms with Crippen molar-refractivity contribution in [2.24, 2.45) is 0 Å². The molecule has 1 heterocycles. The molecule has 0 radical (unpaired) electrons. The number of hydrogen-bond acceptors (Lipinski definition) is 4. The van der Waals surface area contributed by atoms with E-state index in [1.807, 2.05) is 37.3 Å². The summed E-state index contributed by atoms with van der Waals surface area (Å²) in [5.41, 5.74) is 1.00. The van der Waals surface area contributed by atoms with Crippen molar-refractivity contribution in [3.05, 3.63) is 35.9 Å². The van der Waals surface area contributed by atoms with Crippen molar-refractivity contribution in [2.45, 2.75) is 38.0 Å². The number of hydrogen-bond donors (Lipinski definition) is 1. The van der Waals surface area contributed by atoms with Crippen LogP contribution in [0.2, 0.25) is 0 Å². The van der Waals surface area contributed by atoms with Gasteiger partial charge in [-0.05, 0) is 12.0 Å². The average molecular weight is 320 g/mol. The molecule has 22 heavy (non-hydrogen) atoms. The number of amides is 3. The maximum Gasteiger partial charge on any atom is 0.289 e. The lowest BCUT2D eigenvalue weighted by atomic mass is 10.2. The maximum absolute atomic E-state index is 12.1. The van der Waals surface area contributed by atoms with Crippen molar-refractivity contribution < 1.29 is 14.4 Å². The minimum absolute atomic E-state index is 0.0463. The van der Waals surface area contributed by atoms with E-state index in [1.165, 1.54) is 4.90 Å². The number of nitrogens with zero attached hydrogens (tertiary/aromatic N) is 1. The lowest BCUT2D eigenvalue weighted by Gasteiger charge is -2.13. The highest BCUT2D eigenvalue weighted by atomic mass is 32.2. The first kappa shape index (κ1) is 16.5. The highest BCUT2D eigenvalue weighted by Gasteiger charge is 2.39. The molecule has 1 aromatic rings. The molecule has 2 rings (SSSR count). The van der Waals surface area contributed by atoms with Gasteiger partial charge in [0.15, 0.2) is 0 Å². The molecule has 118 valence electrons. The monoisotopic (exact) mass is 320 g/mol. The van der Waals surface area contributed by atoms with Gasteiger partial charge in [0.25, 0.3) is 5.24 Å². The van der Waals surface area contributed by atoms with E-state index in [0.717, 1.165) is 30.2 Å². The van der Waals surface area contributed by atoms with E-state index in [0.29, 0.717) is 13.1 Å². The van der Waals surface area contributed by atoms with E-state index in [2.05, 4.69) is 5.32 Å². The topological polar surface area (TPSA) is 66.5 Å². The Hall–Kier alpha value is -1.82. The molecule has 1 saturated heterocycles. The van der Waals surface area contributed by atoms with Crippen LogP contribution >= 0.6 is 11.8 Å². The van der Waals surface area contributed by atoms with Crippen LogP contribution in [-0.4, -0.2) is 33.7 Å². The fourth-order valence-electron chi connectivity index (χ4n) is 2.18. The van der Waals surface area contributed by atoms with Gasteiger partial charge < -0.3 is 5.32 Å². The molecular formula is C16H20N2O3S. The Morgan fingerprint density at radius 2 is 2.00 bits per heavy atom. The number of thioether (sulfide) groups is 1. The first-order chi connectivity index (χ1) is 10.6. The largest absolute Gasteiger partial charge is 0.352 e.